The summed E-state index contributed by atoms with van der Waals surface area (Å²) in [5.41, 5.74) is -1.58. The quantitative estimate of drug-likeness (QED) is 0.768. The van der Waals surface area contributed by atoms with E-state index >= 15 is 0 Å². The van der Waals surface area contributed by atoms with Crippen molar-refractivity contribution in [2.45, 2.75) is 48.8 Å². The third-order valence-corrected chi connectivity index (χ3v) is 5.24. The van der Waals surface area contributed by atoms with Gasteiger partial charge in [0.1, 0.15) is 5.54 Å². The van der Waals surface area contributed by atoms with E-state index in [0.717, 1.165) is 43.3 Å². The van der Waals surface area contributed by atoms with E-state index in [4.69, 9.17) is 0 Å². The number of nitrogens with zero attached hydrogens (tertiary/aromatic N) is 3. The molecular weight excluding hydrogens is 339 g/mol. The van der Waals surface area contributed by atoms with Crippen molar-refractivity contribution in [1.82, 2.24) is 9.88 Å². The van der Waals surface area contributed by atoms with Gasteiger partial charge in [-0.15, -0.1) is 0 Å². The summed E-state index contributed by atoms with van der Waals surface area (Å²) in [6.07, 6.45) is 0.554. The third-order valence-electron chi connectivity index (χ3n) is 4.31. The number of amides is 1. The van der Waals surface area contributed by atoms with E-state index in [1.165, 1.54) is 11.0 Å². The number of rotatable bonds is 4. The molecule has 0 spiro atoms. The molecule has 0 bridgehead atoms. The molecule has 1 fully saturated rings. The first-order valence-corrected chi connectivity index (χ1v) is 8.61. The first kappa shape index (κ1) is 18.6. The zero-order valence-electron chi connectivity index (χ0n) is 13.3. The Bertz CT molecular complexity index is 619. The van der Waals surface area contributed by atoms with Gasteiger partial charge < -0.3 is 4.90 Å². The van der Waals surface area contributed by atoms with Crippen LogP contribution in [0.4, 0.5) is 13.2 Å². The topological polar surface area (TPSA) is 57.0 Å². The zero-order chi connectivity index (χ0) is 17.8. The highest BCUT2D eigenvalue weighted by atomic mass is 32.2. The Hall–Kier alpha value is -1.75. The lowest BCUT2D eigenvalue weighted by Gasteiger charge is -2.39. The summed E-state index contributed by atoms with van der Waals surface area (Å²) in [5, 5.41) is 9.83. The Morgan fingerprint density at radius 2 is 2.04 bits per heavy atom. The second-order valence-electron chi connectivity index (χ2n) is 5.83. The van der Waals surface area contributed by atoms with Crippen LogP contribution in [0.3, 0.4) is 0 Å². The number of hydrogen-bond acceptors (Lipinski definition) is 4. The fourth-order valence-electron chi connectivity index (χ4n) is 2.76. The maximum atomic E-state index is 12.5. The molecule has 1 aromatic heterocycles. The first-order valence-electron chi connectivity index (χ1n) is 7.62. The number of carbonyl (C=O) groups is 1. The summed E-state index contributed by atoms with van der Waals surface area (Å²) in [6.45, 7) is 0. The molecule has 1 aliphatic carbocycles. The zero-order valence-corrected chi connectivity index (χ0v) is 14.1. The van der Waals surface area contributed by atoms with Gasteiger partial charge in [0.25, 0.3) is 0 Å². The Kier molecular flexibility index (Phi) is 5.75. The number of aromatic nitrogens is 1. The van der Waals surface area contributed by atoms with Crippen molar-refractivity contribution in [3.63, 3.8) is 0 Å². The third kappa shape index (κ3) is 4.20. The highest BCUT2D eigenvalue weighted by Crippen LogP contribution is 2.33. The first-order chi connectivity index (χ1) is 11.3. The van der Waals surface area contributed by atoms with Gasteiger partial charge in [-0.25, -0.2) is 4.98 Å². The summed E-state index contributed by atoms with van der Waals surface area (Å²) in [5.74, 6) is -0.177. The highest BCUT2D eigenvalue weighted by molar-refractivity contribution is 7.99. The second-order valence-corrected chi connectivity index (χ2v) is 6.82. The molecule has 130 valence electrons. The highest BCUT2D eigenvalue weighted by Gasteiger charge is 2.38. The lowest BCUT2D eigenvalue weighted by Crippen LogP contribution is -2.50. The van der Waals surface area contributed by atoms with Crippen LogP contribution in [0.25, 0.3) is 0 Å². The molecule has 8 heteroatoms. The van der Waals surface area contributed by atoms with E-state index in [9.17, 15) is 23.2 Å². The van der Waals surface area contributed by atoms with E-state index in [1.54, 1.807) is 7.05 Å². The van der Waals surface area contributed by atoms with Gasteiger partial charge in [0, 0.05) is 13.2 Å². The molecule has 2 rings (SSSR count). The smallest absolute Gasteiger partial charge is 0.326 e. The van der Waals surface area contributed by atoms with Crippen molar-refractivity contribution >= 4 is 17.7 Å². The molecule has 1 aromatic rings. The van der Waals surface area contributed by atoms with E-state index < -0.39 is 17.3 Å². The normalized spacial score (nSPS) is 17.1. The predicted molar refractivity (Wildman–Crippen MR) is 84.2 cm³/mol. The number of thioether (sulfide) groups is 1. The molecular formula is C16H18F3N3OS. The minimum absolute atomic E-state index is 0.0400. The van der Waals surface area contributed by atoms with Gasteiger partial charge in [-0.3, -0.25) is 4.79 Å². The van der Waals surface area contributed by atoms with Gasteiger partial charge in [0.15, 0.2) is 0 Å². The predicted octanol–water partition coefficient (Wildman–Crippen LogP) is 3.88. The molecule has 24 heavy (non-hydrogen) atoms. The molecule has 0 N–H and O–H groups in total. The van der Waals surface area contributed by atoms with Gasteiger partial charge in [-0.05, 0) is 25.0 Å². The van der Waals surface area contributed by atoms with E-state index in [2.05, 4.69) is 11.1 Å². The van der Waals surface area contributed by atoms with Gasteiger partial charge in [-0.2, -0.15) is 18.4 Å². The SMILES string of the molecule is CN(C(=O)CSc1ccc(C(F)(F)F)cn1)C1(C#N)CCCCC1. The fourth-order valence-corrected chi connectivity index (χ4v) is 3.52. The number of pyridine rings is 1. The molecule has 0 atom stereocenters. The fraction of sp³-hybridized carbons (Fsp3) is 0.562. The lowest BCUT2D eigenvalue weighted by molar-refractivity contribution is -0.138. The minimum Gasteiger partial charge on any atom is -0.326 e. The maximum Gasteiger partial charge on any atom is 0.417 e. The van der Waals surface area contributed by atoms with Gasteiger partial charge in [0.2, 0.25) is 5.91 Å². The molecule has 0 unspecified atom stereocenters. The largest absolute Gasteiger partial charge is 0.417 e. The molecule has 1 heterocycles. The van der Waals surface area contributed by atoms with Crippen LogP contribution < -0.4 is 0 Å². The van der Waals surface area contributed by atoms with E-state index in [1.807, 2.05) is 0 Å². The van der Waals surface area contributed by atoms with Crippen LogP contribution in [0.5, 0.6) is 0 Å². The summed E-state index contributed by atoms with van der Waals surface area (Å²) in [4.78, 5) is 17.6. The molecule has 0 aliphatic heterocycles. The average molecular weight is 357 g/mol. The average Bonchev–Trinajstić information content (AvgIpc) is 2.59. The number of nitriles is 1. The van der Waals surface area contributed by atoms with Crippen molar-refractivity contribution in [2.24, 2.45) is 0 Å². The van der Waals surface area contributed by atoms with Crippen molar-refractivity contribution in [2.75, 3.05) is 12.8 Å². The second kappa shape index (κ2) is 7.43. The van der Waals surface area contributed by atoms with Crippen LogP contribution in [0.2, 0.25) is 0 Å². The standard InChI is InChI=1S/C16H18F3N3OS/c1-22(15(11-20)7-3-2-4-8-15)14(23)10-24-13-6-5-12(9-21-13)16(17,18)19/h5-6,9H,2-4,7-8,10H2,1H3. The van der Waals surface area contributed by atoms with Gasteiger partial charge in [0.05, 0.1) is 22.4 Å². The number of carbonyl (C=O) groups excluding carboxylic acids is 1. The Labute approximate surface area is 143 Å². The van der Waals surface area contributed by atoms with Crippen LogP contribution in [0.15, 0.2) is 23.4 Å². The van der Waals surface area contributed by atoms with E-state index in [-0.39, 0.29) is 11.7 Å². The van der Waals surface area contributed by atoms with Crippen LogP contribution >= 0.6 is 11.8 Å². The monoisotopic (exact) mass is 357 g/mol. The van der Waals surface area contributed by atoms with Crippen molar-refractivity contribution < 1.29 is 18.0 Å². The van der Waals surface area contributed by atoms with Gasteiger partial charge in [-0.1, -0.05) is 31.0 Å². The van der Waals surface area contributed by atoms with Crippen LogP contribution in [-0.2, 0) is 11.0 Å². The van der Waals surface area contributed by atoms with Gasteiger partial charge >= 0.3 is 6.18 Å². The molecule has 0 radical (unpaired) electrons. The minimum atomic E-state index is -4.42. The Morgan fingerprint density at radius 3 is 2.54 bits per heavy atom. The van der Waals surface area contributed by atoms with Crippen LogP contribution in [0.1, 0.15) is 37.7 Å². The van der Waals surface area contributed by atoms with Crippen LogP contribution in [-0.4, -0.2) is 34.1 Å². The summed E-state index contributed by atoms with van der Waals surface area (Å²) < 4.78 is 37.5. The lowest BCUT2D eigenvalue weighted by atomic mass is 9.81. The van der Waals surface area contributed by atoms with Crippen molar-refractivity contribution in [3.05, 3.63) is 23.9 Å². The number of halogens is 3. The van der Waals surface area contributed by atoms with Crippen LogP contribution in [0, 0.1) is 11.3 Å². The molecule has 1 saturated carbocycles. The molecule has 4 nitrogen and oxygen atoms in total. The summed E-state index contributed by atoms with van der Waals surface area (Å²) in [6, 6.07) is 4.47. The molecule has 0 aromatic carbocycles. The van der Waals surface area contributed by atoms with Crippen molar-refractivity contribution in [3.8, 4) is 6.07 Å². The molecule has 1 aliphatic rings. The number of alkyl halides is 3. The molecule has 1 amide bonds. The summed E-state index contributed by atoms with van der Waals surface area (Å²) >= 11 is 1.07. The summed E-state index contributed by atoms with van der Waals surface area (Å²) in [7, 11) is 1.62. The Balaban J connectivity index is 1.96. The van der Waals surface area contributed by atoms with Crippen molar-refractivity contribution in [1.29, 1.82) is 5.26 Å². The van der Waals surface area contributed by atoms with E-state index in [0.29, 0.717) is 17.9 Å². The molecule has 0 saturated heterocycles. The number of hydrogen-bond donors (Lipinski definition) is 0. The Morgan fingerprint density at radius 1 is 1.38 bits per heavy atom. The maximum absolute atomic E-state index is 12.5.